The van der Waals surface area contributed by atoms with Crippen molar-refractivity contribution in [2.24, 2.45) is 0 Å². The van der Waals surface area contributed by atoms with Crippen LogP contribution in [0.15, 0.2) is 48.9 Å². The number of ketones is 1. The highest BCUT2D eigenvalue weighted by atomic mass is 16.1. The highest BCUT2D eigenvalue weighted by Gasteiger charge is 2.12. The van der Waals surface area contributed by atoms with Crippen LogP contribution in [-0.2, 0) is 0 Å². The van der Waals surface area contributed by atoms with Crippen LogP contribution in [0.5, 0.6) is 0 Å². The van der Waals surface area contributed by atoms with E-state index in [9.17, 15) is 4.79 Å². The molecule has 3 aromatic rings. The maximum absolute atomic E-state index is 12.1. The Labute approximate surface area is 103 Å². The maximum Gasteiger partial charge on any atom is 0.230 e. The molecule has 1 aromatic carbocycles. The first kappa shape index (κ1) is 10.5. The van der Waals surface area contributed by atoms with Gasteiger partial charge in [0.15, 0.2) is 5.65 Å². The van der Waals surface area contributed by atoms with Gasteiger partial charge in [-0.05, 0) is 0 Å². The number of hydrogen-bond donors (Lipinski definition) is 0. The third kappa shape index (κ3) is 1.82. The SMILES string of the molecule is O=C(c1ccccc1)c1ncc2nccnc2n1. The summed E-state index contributed by atoms with van der Waals surface area (Å²) in [6, 6.07) is 8.91. The number of rotatable bonds is 2. The predicted octanol–water partition coefficient (Wildman–Crippen LogP) is 1.65. The zero-order chi connectivity index (χ0) is 12.4. The molecule has 18 heavy (non-hydrogen) atoms. The van der Waals surface area contributed by atoms with Crippen LogP contribution in [-0.4, -0.2) is 25.7 Å². The van der Waals surface area contributed by atoms with E-state index in [1.807, 2.05) is 6.07 Å². The molecule has 5 heteroatoms. The van der Waals surface area contributed by atoms with Crippen molar-refractivity contribution in [1.29, 1.82) is 0 Å². The molecule has 0 aliphatic carbocycles. The Bertz CT molecular complexity index is 712. The van der Waals surface area contributed by atoms with Crippen LogP contribution in [0.4, 0.5) is 0 Å². The number of carbonyl (C=O) groups is 1. The molecule has 0 amide bonds. The molecule has 0 saturated heterocycles. The first-order chi connectivity index (χ1) is 8.84. The Kier molecular flexibility index (Phi) is 2.49. The highest BCUT2D eigenvalue weighted by Crippen LogP contribution is 2.08. The molecule has 2 heterocycles. The molecule has 0 N–H and O–H groups in total. The van der Waals surface area contributed by atoms with Crippen molar-refractivity contribution in [3.05, 3.63) is 60.3 Å². The molecule has 0 unspecified atom stereocenters. The van der Waals surface area contributed by atoms with E-state index in [-0.39, 0.29) is 11.6 Å². The summed E-state index contributed by atoms with van der Waals surface area (Å²) in [6.45, 7) is 0. The van der Waals surface area contributed by atoms with Gasteiger partial charge >= 0.3 is 0 Å². The van der Waals surface area contributed by atoms with Gasteiger partial charge in [-0.25, -0.2) is 19.9 Å². The van der Waals surface area contributed by atoms with Gasteiger partial charge < -0.3 is 0 Å². The van der Waals surface area contributed by atoms with Gasteiger partial charge in [-0.2, -0.15) is 0 Å². The topological polar surface area (TPSA) is 68.6 Å². The first-order valence-corrected chi connectivity index (χ1v) is 5.38. The molecule has 0 radical (unpaired) electrons. The van der Waals surface area contributed by atoms with E-state index in [0.717, 1.165) is 0 Å². The Balaban J connectivity index is 2.07. The molecular formula is C13H8N4O. The van der Waals surface area contributed by atoms with Gasteiger partial charge in [0.25, 0.3) is 0 Å². The van der Waals surface area contributed by atoms with Gasteiger partial charge in [-0.15, -0.1) is 0 Å². The predicted molar refractivity (Wildman–Crippen MR) is 65.0 cm³/mol. The van der Waals surface area contributed by atoms with Crippen LogP contribution in [0.3, 0.4) is 0 Å². The third-order valence-corrected chi connectivity index (χ3v) is 2.47. The quantitative estimate of drug-likeness (QED) is 0.633. The lowest BCUT2D eigenvalue weighted by molar-refractivity contribution is 0.102. The van der Waals surface area contributed by atoms with Crippen LogP contribution in [0.25, 0.3) is 11.2 Å². The molecule has 0 spiro atoms. The molecule has 3 rings (SSSR count). The van der Waals surface area contributed by atoms with Crippen molar-refractivity contribution in [2.45, 2.75) is 0 Å². The zero-order valence-electron chi connectivity index (χ0n) is 9.32. The van der Waals surface area contributed by atoms with Gasteiger partial charge in [0.1, 0.15) is 5.52 Å². The van der Waals surface area contributed by atoms with Crippen molar-refractivity contribution in [3.63, 3.8) is 0 Å². The van der Waals surface area contributed by atoms with Crippen LogP contribution in [0.2, 0.25) is 0 Å². The van der Waals surface area contributed by atoms with Crippen molar-refractivity contribution < 1.29 is 4.79 Å². The third-order valence-electron chi connectivity index (χ3n) is 2.47. The highest BCUT2D eigenvalue weighted by molar-refractivity contribution is 6.06. The standard InChI is InChI=1S/C13H8N4O/c18-11(9-4-2-1-3-5-9)13-16-8-10-12(17-13)15-7-6-14-10/h1-8H. The van der Waals surface area contributed by atoms with Gasteiger partial charge in [-0.1, -0.05) is 30.3 Å². The summed E-state index contributed by atoms with van der Waals surface area (Å²) in [5, 5.41) is 0. The molecule has 0 fully saturated rings. The second kappa shape index (κ2) is 4.29. The van der Waals surface area contributed by atoms with E-state index < -0.39 is 0 Å². The first-order valence-electron chi connectivity index (χ1n) is 5.38. The van der Waals surface area contributed by atoms with E-state index in [1.165, 1.54) is 12.4 Å². The normalized spacial score (nSPS) is 10.4. The minimum absolute atomic E-state index is 0.134. The van der Waals surface area contributed by atoms with E-state index in [1.54, 1.807) is 30.5 Å². The number of fused-ring (bicyclic) bond motifs is 1. The summed E-state index contributed by atoms with van der Waals surface area (Å²) in [5.74, 6) is -0.0858. The smallest absolute Gasteiger partial charge is 0.230 e. The number of aromatic nitrogens is 4. The Morgan fingerprint density at radius 3 is 2.56 bits per heavy atom. The van der Waals surface area contributed by atoms with E-state index in [2.05, 4.69) is 19.9 Å². The largest absolute Gasteiger partial charge is 0.285 e. The summed E-state index contributed by atoms with van der Waals surface area (Å²) < 4.78 is 0. The van der Waals surface area contributed by atoms with Crippen LogP contribution in [0, 0.1) is 0 Å². The molecule has 0 aliphatic rings. The molecule has 0 aliphatic heterocycles. The minimum atomic E-state index is -0.219. The summed E-state index contributed by atoms with van der Waals surface area (Å²) in [6.07, 6.45) is 4.60. The fourth-order valence-electron chi connectivity index (χ4n) is 1.60. The number of carbonyl (C=O) groups excluding carboxylic acids is 1. The molecule has 0 atom stereocenters. The lowest BCUT2D eigenvalue weighted by atomic mass is 10.1. The molecule has 0 bridgehead atoms. The average molecular weight is 236 g/mol. The summed E-state index contributed by atoms with van der Waals surface area (Å²) in [5.41, 5.74) is 1.55. The molecule has 5 nitrogen and oxygen atoms in total. The fraction of sp³-hybridized carbons (Fsp3) is 0. The minimum Gasteiger partial charge on any atom is -0.285 e. The lowest BCUT2D eigenvalue weighted by Gasteiger charge is -2.00. The van der Waals surface area contributed by atoms with Gasteiger partial charge in [-0.3, -0.25) is 4.79 Å². The fourth-order valence-corrected chi connectivity index (χ4v) is 1.60. The Morgan fingerprint density at radius 1 is 0.944 bits per heavy atom. The zero-order valence-corrected chi connectivity index (χ0v) is 9.32. The van der Waals surface area contributed by atoms with Crippen molar-refractivity contribution >= 4 is 16.9 Å². The van der Waals surface area contributed by atoms with E-state index in [0.29, 0.717) is 16.7 Å². The van der Waals surface area contributed by atoms with Crippen molar-refractivity contribution in [1.82, 2.24) is 19.9 Å². The summed E-state index contributed by atoms with van der Waals surface area (Å²) in [4.78, 5) is 28.4. The second-order valence-corrected chi connectivity index (χ2v) is 3.65. The Hall–Kier alpha value is -2.69. The molecular weight excluding hydrogens is 228 g/mol. The maximum atomic E-state index is 12.1. The summed E-state index contributed by atoms with van der Waals surface area (Å²) in [7, 11) is 0. The van der Waals surface area contributed by atoms with E-state index in [4.69, 9.17) is 0 Å². The lowest BCUT2D eigenvalue weighted by Crippen LogP contribution is -2.07. The van der Waals surface area contributed by atoms with E-state index >= 15 is 0 Å². The number of hydrogen-bond acceptors (Lipinski definition) is 5. The molecule has 2 aromatic heterocycles. The number of benzene rings is 1. The van der Waals surface area contributed by atoms with Gasteiger partial charge in [0.2, 0.25) is 11.6 Å². The van der Waals surface area contributed by atoms with Crippen LogP contribution < -0.4 is 0 Å². The monoisotopic (exact) mass is 236 g/mol. The molecule has 86 valence electrons. The second-order valence-electron chi connectivity index (χ2n) is 3.65. The molecule has 0 saturated carbocycles. The van der Waals surface area contributed by atoms with Crippen molar-refractivity contribution in [2.75, 3.05) is 0 Å². The summed E-state index contributed by atoms with van der Waals surface area (Å²) >= 11 is 0. The number of nitrogens with zero attached hydrogens (tertiary/aromatic N) is 4. The average Bonchev–Trinajstić information content (AvgIpc) is 2.47. The van der Waals surface area contributed by atoms with Crippen LogP contribution in [0.1, 0.15) is 16.2 Å². The van der Waals surface area contributed by atoms with Crippen LogP contribution >= 0.6 is 0 Å². The van der Waals surface area contributed by atoms with Gasteiger partial charge in [0.05, 0.1) is 6.20 Å². The van der Waals surface area contributed by atoms with Gasteiger partial charge in [0, 0.05) is 18.0 Å². The Morgan fingerprint density at radius 2 is 1.72 bits per heavy atom. The van der Waals surface area contributed by atoms with Crippen molar-refractivity contribution in [3.8, 4) is 0 Å².